The molecule has 2 heterocycles. The summed E-state index contributed by atoms with van der Waals surface area (Å²) >= 11 is 0. The Bertz CT molecular complexity index is 636. The molecule has 1 atom stereocenters. The van der Waals surface area contributed by atoms with Crippen LogP contribution in [0.2, 0.25) is 0 Å². The summed E-state index contributed by atoms with van der Waals surface area (Å²) in [5, 5.41) is 9.66. The second-order valence-corrected chi connectivity index (χ2v) is 4.62. The van der Waals surface area contributed by atoms with E-state index in [-0.39, 0.29) is 11.8 Å². The maximum Gasteiger partial charge on any atom is 0.247 e. The summed E-state index contributed by atoms with van der Waals surface area (Å²) in [6.07, 6.45) is 4.42. The summed E-state index contributed by atoms with van der Waals surface area (Å²) < 4.78 is 1.68. The van der Waals surface area contributed by atoms with E-state index in [1.807, 2.05) is 36.5 Å². The van der Waals surface area contributed by atoms with Crippen molar-refractivity contribution in [1.29, 1.82) is 0 Å². The van der Waals surface area contributed by atoms with Gasteiger partial charge in [-0.05, 0) is 24.6 Å². The standard InChI is InChI=1S/C14H14N4O2/c19-13-7-6-11(16-13)14(20)17-10-4-1-2-5-12(10)18-9-3-8-15-18/h1-5,8-9,11H,6-7H2,(H,16,19)(H,17,20). The van der Waals surface area contributed by atoms with Crippen LogP contribution in [0.3, 0.4) is 0 Å². The van der Waals surface area contributed by atoms with E-state index in [0.29, 0.717) is 18.5 Å². The van der Waals surface area contributed by atoms with Crippen molar-refractivity contribution in [3.05, 3.63) is 42.7 Å². The zero-order valence-electron chi connectivity index (χ0n) is 10.7. The number of aromatic nitrogens is 2. The van der Waals surface area contributed by atoms with Gasteiger partial charge in [0.15, 0.2) is 0 Å². The van der Waals surface area contributed by atoms with Gasteiger partial charge in [0, 0.05) is 18.8 Å². The summed E-state index contributed by atoms with van der Waals surface area (Å²) in [4.78, 5) is 23.3. The molecular weight excluding hydrogens is 256 g/mol. The van der Waals surface area contributed by atoms with Crippen LogP contribution in [0.5, 0.6) is 0 Å². The van der Waals surface area contributed by atoms with E-state index in [2.05, 4.69) is 15.7 Å². The molecule has 2 amide bonds. The maximum absolute atomic E-state index is 12.1. The predicted molar refractivity (Wildman–Crippen MR) is 73.4 cm³/mol. The van der Waals surface area contributed by atoms with Crippen LogP contribution in [0.15, 0.2) is 42.7 Å². The van der Waals surface area contributed by atoms with Crippen LogP contribution in [-0.4, -0.2) is 27.6 Å². The monoisotopic (exact) mass is 270 g/mol. The van der Waals surface area contributed by atoms with Gasteiger partial charge in [0.2, 0.25) is 11.8 Å². The number of anilines is 1. The number of benzene rings is 1. The molecule has 1 saturated heterocycles. The van der Waals surface area contributed by atoms with Gasteiger partial charge in [-0.15, -0.1) is 0 Å². The van der Waals surface area contributed by atoms with Crippen LogP contribution in [0, 0.1) is 0 Å². The molecule has 1 unspecified atom stereocenters. The first-order valence-corrected chi connectivity index (χ1v) is 6.43. The Balaban J connectivity index is 1.81. The number of rotatable bonds is 3. The molecule has 20 heavy (non-hydrogen) atoms. The minimum Gasteiger partial charge on any atom is -0.344 e. The van der Waals surface area contributed by atoms with Crippen LogP contribution in [-0.2, 0) is 9.59 Å². The average molecular weight is 270 g/mol. The Labute approximate surface area is 115 Å². The lowest BCUT2D eigenvalue weighted by molar-refractivity contribution is -0.122. The Morgan fingerprint density at radius 3 is 2.90 bits per heavy atom. The van der Waals surface area contributed by atoms with Gasteiger partial charge in [-0.1, -0.05) is 12.1 Å². The normalized spacial score (nSPS) is 17.8. The van der Waals surface area contributed by atoms with Crippen molar-refractivity contribution < 1.29 is 9.59 Å². The first-order chi connectivity index (χ1) is 9.74. The van der Waals surface area contributed by atoms with Gasteiger partial charge in [-0.2, -0.15) is 5.10 Å². The summed E-state index contributed by atoms with van der Waals surface area (Å²) in [5.74, 6) is -0.277. The van der Waals surface area contributed by atoms with Crippen molar-refractivity contribution in [1.82, 2.24) is 15.1 Å². The fourth-order valence-electron chi connectivity index (χ4n) is 2.22. The molecule has 2 N–H and O–H groups in total. The molecule has 1 aromatic heterocycles. The molecule has 0 spiro atoms. The minimum atomic E-state index is -0.451. The van der Waals surface area contributed by atoms with E-state index >= 15 is 0 Å². The van der Waals surface area contributed by atoms with Crippen molar-refractivity contribution in [2.75, 3.05) is 5.32 Å². The number of carbonyl (C=O) groups excluding carboxylic acids is 2. The molecule has 0 bridgehead atoms. The van der Waals surface area contributed by atoms with Crippen molar-refractivity contribution >= 4 is 17.5 Å². The van der Waals surface area contributed by atoms with Gasteiger partial charge in [0.1, 0.15) is 6.04 Å². The van der Waals surface area contributed by atoms with Crippen molar-refractivity contribution in [3.8, 4) is 5.69 Å². The van der Waals surface area contributed by atoms with E-state index in [1.54, 1.807) is 10.9 Å². The number of hydrogen-bond donors (Lipinski definition) is 2. The number of carbonyl (C=O) groups is 2. The number of para-hydroxylation sites is 2. The Morgan fingerprint density at radius 1 is 1.35 bits per heavy atom. The molecule has 6 nitrogen and oxygen atoms in total. The lowest BCUT2D eigenvalue weighted by atomic mass is 10.2. The van der Waals surface area contributed by atoms with Crippen molar-refractivity contribution in [3.63, 3.8) is 0 Å². The Morgan fingerprint density at radius 2 is 2.20 bits per heavy atom. The zero-order chi connectivity index (χ0) is 13.9. The second kappa shape index (κ2) is 5.16. The van der Waals surface area contributed by atoms with Crippen molar-refractivity contribution in [2.45, 2.75) is 18.9 Å². The molecule has 3 rings (SSSR count). The van der Waals surface area contributed by atoms with Gasteiger partial charge in [-0.25, -0.2) is 4.68 Å². The number of amides is 2. The van der Waals surface area contributed by atoms with Crippen LogP contribution in [0.4, 0.5) is 5.69 Å². The molecule has 6 heteroatoms. The summed E-state index contributed by atoms with van der Waals surface area (Å²) in [5.41, 5.74) is 1.46. The van der Waals surface area contributed by atoms with Crippen LogP contribution < -0.4 is 10.6 Å². The van der Waals surface area contributed by atoms with E-state index < -0.39 is 6.04 Å². The third-order valence-electron chi connectivity index (χ3n) is 3.22. The molecule has 1 fully saturated rings. The smallest absolute Gasteiger partial charge is 0.247 e. The highest BCUT2D eigenvalue weighted by molar-refractivity contribution is 6.00. The van der Waals surface area contributed by atoms with E-state index in [0.717, 1.165) is 5.69 Å². The first kappa shape index (κ1) is 12.4. The van der Waals surface area contributed by atoms with E-state index in [4.69, 9.17) is 0 Å². The summed E-state index contributed by atoms with van der Waals surface area (Å²) in [6.45, 7) is 0. The zero-order valence-corrected chi connectivity index (χ0v) is 10.7. The van der Waals surface area contributed by atoms with Crippen LogP contribution >= 0.6 is 0 Å². The van der Waals surface area contributed by atoms with Gasteiger partial charge >= 0.3 is 0 Å². The van der Waals surface area contributed by atoms with Crippen molar-refractivity contribution in [2.24, 2.45) is 0 Å². The molecule has 1 aromatic carbocycles. The lowest BCUT2D eigenvalue weighted by Crippen LogP contribution is -2.37. The van der Waals surface area contributed by atoms with Gasteiger partial charge < -0.3 is 10.6 Å². The number of hydrogen-bond acceptors (Lipinski definition) is 3. The maximum atomic E-state index is 12.1. The molecule has 1 aliphatic rings. The lowest BCUT2D eigenvalue weighted by Gasteiger charge is -2.14. The second-order valence-electron chi connectivity index (χ2n) is 4.62. The summed E-state index contributed by atoms with van der Waals surface area (Å²) in [6, 6.07) is 8.77. The van der Waals surface area contributed by atoms with Gasteiger partial charge in [-0.3, -0.25) is 9.59 Å². The highest BCUT2D eigenvalue weighted by atomic mass is 16.2. The predicted octanol–water partition coefficient (Wildman–Crippen LogP) is 1.09. The average Bonchev–Trinajstić information content (AvgIpc) is 3.10. The minimum absolute atomic E-state index is 0.0782. The molecule has 2 aromatic rings. The Kier molecular flexibility index (Phi) is 3.20. The molecule has 0 saturated carbocycles. The quantitative estimate of drug-likeness (QED) is 0.876. The fraction of sp³-hybridized carbons (Fsp3) is 0.214. The Hall–Kier alpha value is -2.63. The third-order valence-corrected chi connectivity index (χ3v) is 3.22. The molecule has 102 valence electrons. The highest BCUT2D eigenvalue weighted by Crippen LogP contribution is 2.20. The fourth-order valence-corrected chi connectivity index (χ4v) is 2.22. The van der Waals surface area contributed by atoms with Crippen LogP contribution in [0.1, 0.15) is 12.8 Å². The number of nitrogens with one attached hydrogen (secondary N) is 2. The molecule has 0 radical (unpaired) electrons. The number of nitrogens with zero attached hydrogens (tertiary/aromatic N) is 2. The first-order valence-electron chi connectivity index (χ1n) is 6.43. The largest absolute Gasteiger partial charge is 0.344 e. The molecule has 0 aliphatic carbocycles. The SMILES string of the molecule is O=C1CCC(C(=O)Nc2ccccc2-n2cccn2)N1. The van der Waals surface area contributed by atoms with E-state index in [9.17, 15) is 9.59 Å². The van der Waals surface area contributed by atoms with Crippen LogP contribution in [0.25, 0.3) is 5.69 Å². The topological polar surface area (TPSA) is 76.0 Å². The van der Waals surface area contributed by atoms with Gasteiger partial charge in [0.25, 0.3) is 0 Å². The highest BCUT2D eigenvalue weighted by Gasteiger charge is 2.27. The molecule has 1 aliphatic heterocycles. The summed E-state index contributed by atoms with van der Waals surface area (Å²) in [7, 11) is 0. The molecular formula is C14H14N4O2. The third kappa shape index (κ3) is 2.40. The van der Waals surface area contributed by atoms with Gasteiger partial charge in [0.05, 0.1) is 11.4 Å². The van der Waals surface area contributed by atoms with E-state index in [1.165, 1.54) is 0 Å².